The van der Waals surface area contributed by atoms with Crippen LogP contribution in [-0.2, 0) is 11.4 Å². The number of pyridine rings is 1. The summed E-state index contributed by atoms with van der Waals surface area (Å²) in [7, 11) is 0. The Morgan fingerprint density at radius 1 is 1.26 bits per heavy atom. The summed E-state index contributed by atoms with van der Waals surface area (Å²) in [6.07, 6.45) is 6.33. The number of carbonyl (C=O) groups is 1. The van der Waals surface area contributed by atoms with Crippen LogP contribution in [0.3, 0.4) is 0 Å². The fourth-order valence-electron chi connectivity index (χ4n) is 4.53. The summed E-state index contributed by atoms with van der Waals surface area (Å²) in [5.74, 6) is 1.08. The normalized spacial score (nSPS) is 15.8. The van der Waals surface area contributed by atoms with E-state index in [2.05, 4.69) is 21.5 Å². The topological polar surface area (TPSA) is 112 Å². The molecule has 4 heterocycles. The quantitative estimate of drug-likeness (QED) is 0.428. The summed E-state index contributed by atoms with van der Waals surface area (Å²) in [5.41, 5.74) is 10.4. The summed E-state index contributed by atoms with van der Waals surface area (Å²) in [6.45, 7) is 7.26. The minimum atomic E-state index is -0.0718. The van der Waals surface area contributed by atoms with Gasteiger partial charge in [0.2, 0.25) is 5.91 Å². The molecule has 1 saturated heterocycles. The molecule has 5 rings (SSSR count). The fraction of sp³-hybridized carbons (Fsp3) is 0.269. The molecule has 2 N–H and O–H groups in total. The molecule has 1 aliphatic rings. The van der Waals surface area contributed by atoms with E-state index in [1.165, 1.54) is 12.4 Å². The number of carbonyl (C=O) groups excluding carboxylic acids is 1. The van der Waals surface area contributed by atoms with Gasteiger partial charge in [0.05, 0.1) is 17.1 Å². The Kier molecular flexibility index (Phi) is 6.13. The highest BCUT2D eigenvalue weighted by Gasteiger charge is 2.28. The monoisotopic (exact) mass is 469 g/mol. The molecule has 0 aliphatic carbocycles. The standard InChI is InChI=1S/C26H27N7O2/c1-3-22(34)32-12-6-8-20(14-32)33-26-23(25(27)29-16-30-26)24(31-33)18-9-10-21(17(2)13-18)35-15-19-7-4-5-11-28-19/h3-5,7,9-11,13,16,20H,1,6,8,12,14-15H2,2H3,(H2,27,29,30). The lowest BCUT2D eigenvalue weighted by molar-refractivity contribution is -0.127. The summed E-state index contributed by atoms with van der Waals surface area (Å²) in [4.78, 5) is 27.1. The van der Waals surface area contributed by atoms with E-state index in [-0.39, 0.29) is 11.9 Å². The van der Waals surface area contributed by atoms with E-state index >= 15 is 0 Å². The Morgan fingerprint density at radius 2 is 2.14 bits per heavy atom. The average Bonchev–Trinajstić information content (AvgIpc) is 3.29. The Hall–Kier alpha value is -4.27. The van der Waals surface area contributed by atoms with Crippen molar-refractivity contribution in [3.63, 3.8) is 0 Å². The van der Waals surface area contributed by atoms with Gasteiger partial charge in [0.15, 0.2) is 5.65 Å². The van der Waals surface area contributed by atoms with Crippen molar-refractivity contribution in [2.45, 2.75) is 32.4 Å². The number of ether oxygens (including phenoxy) is 1. The first-order valence-corrected chi connectivity index (χ1v) is 11.6. The van der Waals surface area contributed by atoms with E-state index in [1.807, 2.05) is 48.0 Å². The lowest BCUT2D eigenvalue weighted by Crippen LogP contribution is -2.40. The zero-order valence-electron chi connectivity index (χ0n) is 19.6. The molecule has 1 aliphatic heterocycles. The Morgan fingerprint density at radius 3 is 2.91 bits per heavy atom. The van der Waals surface area contributed by atoms with Gasteiger partial charge in [-0.3, -0.25) is 9.78 Å². The maximum atomic E-state index is 12.2. The molecule has 35 heavy (non-hydrogen) atoms. The van der Waals surface area contributed by atoms with E-state index in [4.69, 9.17) is 15.6 Å². The largest absolute Gasteiger partial charge is 0.487 e. The number of nitrogens with two attached hydrogens (primary N) is 1. The highest BCUT2D eigenvalue weighted by atomic mass is 16.5. The van der Waals surface area contributed by atoms with E-state index in [0.717, 1.165) is 35.4 Å². The molecule has 9 nitrogen and oxygen atoms in total. The summed E-state index contributed by atoms with van der Waals surface area (Å²) >= 11 is 0. The number of hydrogen-bond acceptors (Lipinski definition) is 7. The van der Waals surface area contributed by atoms with Gasteiger partial charge in [-0.2, -0.15) is 5.10 Å². The number of hydrogen-bond donors (Lipinski definition) is 1. The number of fused-ring (bicyclic) bond motifs is 1. The number of rotatable bonds is 6. The van der Waals surface area contributed by atoms with Crippen molar-refractivity contribution in [1.82, 2.24) is 29.6 Å². The zero-order chi connectivity index (χ0) is 24.4. The van der Waals surface area contributed by atoms with Crippen LogP contribution in [0.25, 0.3) is 22.3 Å². The van der Waals surface area contributed by atoms with Crippen LogP contribution in [-0.4, -0.2) is 48.6 Å². The van der Waals surface area contributed by atoms with E-state index < -0.39 is 0 Å². The SMILES string of the molecule is C=CC(=O)N1CCCC(n2nc(-c3ccc(OCc4ccccn4)c(C)c3)c3c(N)ncnc32)C1. The third-order valence-corrected chi connectivity index (χ3v) is 6.30. The molecule has 0 spiro atoms. The first-order chi connectivity index (χ1) is 17.0. The summed E-state index contributed by atoms with van der Waals surface area (Å²) in [6, 6.07) is 11.7. The lowest BCUT2D eigenvalue weighted by atomic mass is 10.1. The summed E-state index contributed by atoms with van der Waals surface area (Å²) < 4.78 is 7.88. The van der Waals surface area contributed by atoms with Gasteiger partial charge < -0.3 is 15.4 Å². The zero-order valence-corrected chi connectivity index (χ0v) is 19.6. The third kappa shape index (κ3) is 4.44. The smallest absolute Gasteiger partial charge is 0.246 e. The van der Waals surface area contributed by atoms with E-state index in [0.29, 0.717) is 42.2 Å². The lowest BCUT2D eigenvalue weighted by Gasteiger charge is -2.32. The van der Waals surface area contributed by atoms with Gasteiger partial charge in [0.1, 0.15) is 30.2 Å². The van der Waals surface area contributed by atoms with Crippen molar-refractivity contribution in [3.8, 4) is 17.0 Å². The number of amides is 1. The number of aromatic nitrogens is 5. The van der Waals surface area contributed by atoms with Crippen LogP contribution in [0, 0.1) is 6.92 Å². The molecule has 1 atom stereocenters. The van der Waals surface area contributed by atoms with Crippen LogP contribution in [0.5, 0.6) is 5.75 Å². The maximum absolute atomic E-state index is 12.2. The number of nitrogen functional groups attached to an aromatic ring is 1. The van der Waals surface area contributed by atoms with Gasteiger partial charge in [-0.15, -0.1) is 0 Å². The molecule has 0 saturated carbocycles. The molecule has 178 valence electrons. The average molecular weight is 470 g/mol. The second-order valence-corrected chi connectivity index (χ2v) is 8.63. The minimum absolute atomic E-state index is 0.0136. The molecular formula is C26H27N7O2. The summed E-state index contributed by atoms with van der Waals surface area (Å²) in [5, 5.41) is 5.66. The molecular weight excluding hydrogens is 442 g/mol. The van der Waals surface area contributed by atoms with E-state index in [1.54, 1.807) is 11.1 Å². The second kappa shape index (κ2) is 9.54. The van der Waals surface area contributed by atoms with Gasteiger partial charge in [0, 0.05) is 24.8 Å². The van der Waals surface area contributed by atoms with Gasteiger partial charge in [0.25, 0.3) is 0 Å². The van der Waals surface area contributed by atoms with Crippen LogP contribution < -0.4 is 10.5 Å². The molecule has 0 bridgehead atoms. The number of nitrogens with zero attached hydrogens (tertiary/aromatic N) is 6. The molecule has 1 unspecified atom stereocenters. The van der Waals surface area contributed by atoms with Crippen molar-refractivity contribution in [3.05, 3.63) is 72.8 Å². The maximum Gasteiger partial charge on any atom is 0.246 e. The van der Waals surface area contributed by atoms with Crippen molar-refractivity contribution in [2.24, 2.45) is 0 Å². The van der Waals surface area contributed by atoms with Crippen LogP contribution >= 0.6 is 0 Å². The van der Waals surface area contributed by atoms with Crippen LogP contribution in [0.15, 0.2) is 61.6 Å². The van der Waals surface area contributed by atoms with Crippen LogP contribution in [0.1, 0.15) is 30.1 Å². The number of benzene rings is 1. The second-order valence-electron chi connectivity index (χ2n) is 8.63. The van der Waals surface area contributed by atoms with Crippen molar-refractivity contribution in [2.75, 3.05) is 18.8 Å². The minimum Gasteiger partial charge on any atom is -0.487 e. The fourth-order valence-corrected chi connectivity index (χ4v) is 4.53. The van der Waals surface area contributed by atoms with Crippen LogP contribution in [0.2, 0.25) is 0 Å². The molecule has 1 amide bonds. The number of anilines is 1. The van der Waals surface area contributed by atoms with Gasteiger partial charge in [-0.05, 0) is 61.7 Å². The Labute approximate surface area is 203 Å². The third-order valence-electron chi connectivity index (χ3n) is 6.30. The van der Waals surface area contributed by atoms with Crippen molar-refractivity contribution < 1.29 is 9.53 Å². The Bertz CT molecular complexity index is 1380. The molecule has 1 aromatic carbocycles. The predicted octanol–water partition coefficient (Wildman–Crippen LogP) is 3.71. The molecule has 9 heteroatoms. The Balaban J connectivity index is 1.48. The number of likely N-dealkylation sites (tertiary alicyclic amines) is 1. The van der Waals surface area contributed by atoms with Crippen LogP contribution in [0.4, 0.5) is 5.82 Å². The van der Waals surface area contributed by atoms with Crippen molar-refractivity contribution >= 4 is 22.8 Å². The van der Waals surface area contributed by atoms with Crippen molar-refractivity contribution in [1.29, 1.82) is 0 Å². The molecule has 3 aromatic heterocycles. The van der Waals surface area contributed by atoms with Gasteiger partial charge >= 0.3 is 0 Å². The highest BCUT2D eigenvalue weighted by molar-refractivity contribution is 5.98. The van der Waals surface area contributed by atoms with E-state index in [9.17, 15) is 4.79 Å². The van der Waals surface area contributed by atoms with Gasteiger partial charge in [-0.25, -0.2) is 14.6 Å². The number of aryl methyl sites for hydroxylation is 1. The first kappa shape index (κ1) is 22.5. The van der Waals surface area contributed by atoms with Gasteiger partial charge in [-0.1, -0.05) is 12.6 Å². The first-order valence-electron chi connectivity index (χ1n) is 11.6. The highest BCUT2D eigenvalue weighted by Crippen LogP contribution is 2.35. The molecule has 1 fully saturated rings. The number of piperidine rings is 1. The predicted molar refractivity (Wildman–Crippen MR) is 134 cm³/mol. The molecule has 0 radical (unpaired) electrons. The molecule has 4 aromatic rings.